The number of aliphatic carboxylic acids is 2. The third kappa shape index (κ3) is 20.4. The first-order chi connectivity index (χ1) is 11.6. The van der Waals surface area contributed by atoms with Gasteiger partial charge in [0.25, 0.3) is 0 Å². The van der Waals surface area contributed by atoms with Crippen LogP contribution in [0, 0.1) is 0 Å². The van der Waals surface area contributed by atoms with E-state index in [0.717, 1.165) is 51.4 Å². The maximum Gasteiger partial charge on any atom is 0.327 e. The Morgan fingerprint density at radius 3 is 1.50 bits per heavy atom. The van der Waals surface area contributed by atoms with Crippen LogP contribution in [0.25, 0.3) is 0 Å². The lowest BCUT2D eigenvalue weighted by molar-refractivity contribution is -0.137. The Hall–Kier alpha value is -1.58. The second-order valence-corrected chi connectivity index (χ2v) is 6.26. The SMILES string of the molecule is O=C(O)C=CCCCCC=CCCCCCCCCCCC(=O)O. The van der Waals surface area contributed by atoms with Crippen LogP contribution < -0.4 is 0 Å². The molecular weight excluding hydrogens is 304 g/mol. The van der Waals surface area contributed by atoms with E-state index in [4.69, 9.17) is 10.2 Å². The van der Waals surface area contributed by atoms with Gasteiger partial charge < -0.3 is 10.2 Å². The van der Waals surface area contributed by atoms with Crippen molar-refractivity contribution < 1.29 is 19.8 Å². The minimum Gasteiger partial charge on any atom is -0.481 e. The minimum absolute atomic E-state index is 0.311. The zero-order valence-electron chi connectivity index (χ0n) is 14.9. The summed E-state index contributed by atoms with van der Waals surface area (Å²) in [5.41, 5.74) is 0. The molecule has 4 nitrogen and oxygen atoms in total. The topological polar surface area (TPSA) is 74.6 Å². The Labute approximate surface area is 146 Å². The first kappa shape index (κ1) is 22.4. The number of allylic oxidation sites excluding steroid dienone is 3. The monoisotopic (exact) mass is 338 g/mol. The summed E-state index contributed by atoms with van der Waals surface area (Å²) in [4.78, 5) is 20.6. The van der Waals surface area contributed by atoms with Crippen molar-refractivity contribution in [2.45, 2.75) is 89.9 Å². The second-order valence-electron chi connectivity index (χ2n) is 6.26. The normalized spacial score (nSPS) is 11.5. The van der Waals surface area contributed by atoms with Crippen molar-refractivity contribution in [1.82, 2.24) is 0 Å². The Morgan fingerprint density at radius 1 is 0.583 bits per heavy atom. The van der Waals surface area contributed by atoms with Crippen LogP contribution in [-0.4, -0.2) is 22.2 Å². The molecule has 0 bridgehead atoms. The Bertz CT molecular complexity index is 372. The molecule has 0 aliphatic heterocycles. The van der Waals surface area contributed by atoms with E-state index >= 15 is 0 Å². The Morgan fingerprint density at radius 2 is 1.00 bits per heavy atom. The lowest BCUT2D eigenvalue weighted by Gasteiger charge is -2.00. The summed E-state index contributed by atoms with van der Waals surface area (Å²) in [6.07, 6.45) is 22.3. The molecule has 0 aliphatic carbocycles. The summed E-state index contributed by atoms with van der Waals surface area (Å²) in [6, 6.07) is 0. The second kappa shape index (κ2) is 17.8. The van der Waals surface area contributed by atoms with Crippen LogP contribution in [0.1, 0.15) is 89.9 Å². The maximum absolute atomic E-state index is 10.4. The third-order valence-electron chi connectivity index (χ3n) is 3.93. The highest BCUT2D eigenvalue weighted by atomic mass is 16.4. The molecule has 0 rings (SSSR count). The van der Waals surface area contributed by atoms with Crippen molar-refractivity contribution in [1.29, 1.82) is 0 Å². The van der Waals surface area contributed by atoms with Gasteiger partial charge in [0.15, 0.2) is 0 Å². The number of carboxylic acid groups (broad SMARTS) is 2. The third-order valence-corrected chi connectivity index (χ3v) is 3.93. The maximum atomic E-state index is 10.4. The van der Waals surface area contributed by atoms with E-state index < -0.39 is 11.9 Å². The molecule has 0 aliphatic rings. The average Bonchev–Trinajstić information content (AvgIpc) is 2.53. The van der Waals surface area contributed by atoms with Crippen molar-refractivity contribution in [2.75, 3.05) is 0 Å². The smallest absolute Gasteiger partial charge is 0.327 e. The first-order valence-corrected chi connectivity index (χ1v) is 9.39. The predicted molar refractivity (Wildman–Crippen MR) is 98.2 cm³/mol. The molecule has 0 aromatic carbocycles. The molecule has 0 aromatic rings. The van der Waals surface area contributed by atoms with E-state index in [9.17, 15) is 9.59 Å². The summed E-state index contributed by atoms with van der Waals surface area (Å²) in [5, 5.41) is 17.0. The van der Waals surface area contributed by atoms with E-state index in [-0.39, 0.29) is 0 Å². The summed E-state index contributed by atoms with van der Waals surface area (Å²) >= 11 is 0. The molecule has 0 saturated carbocycles. The molecular formula is C20H34O4. The van der Waals surface area contributed by atoms with E-state index in [1.165, 1.54) is 38.2 Å². The van der Waals surface area contributed by atoms with Gasteiger partial charge in [0, 0.05) is 12.5 Å². The number of carbonyl (C=O) groups is 2. The van der Waals surface area contributed by atoms with Crippen molar-refractivity contribution in [3.8, 4) is 0 Å². The summed E-state index contributed by atoms with van der Waals surface area (Å²) < 4.78 is 0. The van der Waals surface area contributed by atoms with Gasteiger partial charge in [0.2, 0.25) is 0 Å². The number of rotatable bonds is 17. The largest absolute Gasteiger partial charge is 0.481 e. The van der Waals surface area contributed by atoms with E-state index in [0.29, 0.717) is 6.42 Å². The van der Waals surface area contributed by atoms with E-state index in [2.05, 4.69) is 12.2 Å². The van der Waals surface area contributed by atoms with Gasteiger partial charge in [0.1, 0.15) is 0 Å². The molecule has 138 valence electrons. The fraction of sp³-hybridized carbons (Fsp3) is 0.700. The van der Waals surface area contributed by atoms with Crippen LogP contribution in [0.5, 0.6) is 0 Å². The van der Waals surface area contributed by atoms with Gasteiger partial charge in [-0.3, -0.25) is 4.79 Å². The van der Waals surface area contributed by atoms with Crippen LogP contribution in [-0.2, 0) is 9.59 Å². The van der Waals surface area contributed by atoms with Gasteiger partial charge in [-0.1, -0.05) is 56.8 Å². The quantitative estimate of drug-likeness (QED) is 0.202. The van der Waals surface area contributed by atoms with Crippen LogP contribution in [0.15, 0.2) is 24.3 Å². The highest BCUT2D eigenvalue weighted by molar-refractivity contribution is 5.79. The summed E-state index contributed by atoms with van der Waals surface area (Å²) in [7, 11) is 0. The van der Waals surface area contributed by atoms with Gasteiger partial charge in [-0.15, -0.1) is 0 Å². The van der Waals surface area contributed by atoms with Crippen LogP contribution in [0.4, 0.5) is 0 Å². The van der Waals surface area contributed by atoms with Crippen molar-refractivity contribution in [3.05, 3.63) is 24.3 Å². The predicted octanol–water partition coefficient (Wildman–Crippen LogP) is 5.73. The number of hydrogen-bond donors (Lipinski definition) is 2. The number of hydrogen-bond acceptors (Lipinski definition) is 2. The summed E-state index contributed by atoms with van der Waals surface area (Å²) in [6.45, 7) is 0. The van der Waals surface area contributed by atoms with Crippen LogP contribution in [0.2, 0.25) is 0 Å². The van der Waals surface area contributed by atoms with Gasteiger partial charge in [-0.05, 0) is 44.9 Å². The fourth-order valence-electron chi connectivity index (χ4n) is 2.54. The summed E-state index contributed by atoms with van der Waals surface area (Å²) in [5.74, 6) is -1.55. The molecule has 0 fully saturated rings. The molecule has 4 heteroatoms. The van der Waals surface area contributed by atoms with Gasteiger partial charge in [0.05, 0.1) is 0 Å². The Kier molecular flexibility index (Phi) is 16.6. The molecule has 0 amide bonds. The van der Waals surface area contributed by atoms with Crippen molar-refractivity contribution in [2.24, 2.45) is 0 Å². The standard InChI is InChI=1S/C20H34O4/c21-19(22)17-15-13-11-9-7-5-3-1-2-4-6-8-10-12-14-16-18-20(23)24/h3,5,15,17H,1-2,4,6-14,16,18H2,(H,21,22)(H,23,24). The van der Waals surface area contributed by atoms with Crippen molar-refractivity contribution >= 4 is 11.9 Å². The molecule has 0 saturated heterocycles. The molecule has 0 aromatic heterocycles. The van der Waals surface area contributed by atoms with Gasteiger partial charge in [-0.2, -0.15) is 0 Å². The fourth-order valence-corrected chi connectivity index (χ4v) is 2.54. The highest BCUT2D eigenvalue weighted by Crippen LogP contribution is 2.11. The molecule has 0 radical (unpaired) electrons. The highest BCUT2D eigenvalue weighted by Gasteiger charge is 1.96. The molecule has 0 spiro atoms. The van der Waals surface area contributed by atoms with Crippen LogP contribution >= 0.6 is 0 Å². The molecule has 0 unspecified atom stereocenters. The van der Waals surface area contributed by atoms with Crippen LogP contribution in [0.3, 0.4) is 0 Å². The molecule has 2 N–H and O–H groups in total. The lowest BCUT2D eigenvalue weighted by atomic mass is 10.1. The van der Waals surface area contributed by atoms with E-state index in [1.54, 1.807) is 6.08 Å². The lowest BCUT2D eigenvalue weighted by Crippen LogP contribution is -1.93. The zero-order valence-corrected chi connectivity index (χ0v) is 14.9. The van der Waals surface area contributed by atoms with Gasteiger partial charge >= 0.3 is 11.9 Å². The molecule has 0 atom stereocenters. The Balaban J connectivity index is 3.16. The number of carboxylic acids is 2. The molecule has 0 heterocycles. The van der Waals surface area contributed by atoms with Gasteiger partial charge in [-0.25, -0.2) is 4.79 Å². The van der Waals surface area contributed by atoms with E-state index in [1.807, 2.05) is 0 Å². The minimum atomic E-state index is -0.868. The zero-order chi connectivity index (χ0) is 17.9. The average molecular weight is 338 g/mol. The van der Waals surface area contributed by atoms with Crippen molar-refractivity contribution in [3.63, 3.8) is 0 Å². The molecule has 24 heavy (non-hydrogen) atoms. The first-order valence-electron chi connectivity index (χ1n) is 9.39. The number of unbranched alkanes of at least 4 members (excludes halogenated alkanes) is 11.